The molecule has 2 aliphatic rings. The van der Waals surface area contributed by atoms with Crippen LogP contribution in [0.3, 0.4) is 0 Å². The van der Waals surface area contributed by atoms with Gasteiger partial charge in [-0.1, -0.05) is 37.3 Å². The van der Waals surface area contributed by atoms with Gasteiger partial charge in [0.15, 0.2) is 0 Å². The lowest BCUT2D eigenvalue weighted by atomic mass is 10.1. The first-order valence-corrected chi connectivity index (χ1v) is 17.0. The molecule has 51 heavy (non-hydrogen) atoms. The Balaban J connectivity index is 0.992. The largest absolute Gasteiger partial charge is 0.491 e. The Hall–Kier alpha value is -5.15. The number of nitrogens with zero attached hydrogens (tertiary/aromatic N) is 8. The van der Waals surface area contributed by atoms with Gasteiger partial charge in [-0.25, -0.2) is 14.0 Å². The van der Waals surface area contributed by atoms with Crippen LogP contribution in [0.25, 0.3) is 5.69 Å². The maximum Gasteiger partial charge on any atom is 0.418 e. The molecule has 0 N–H and O–H groups in total. The molecule has 2 aliphatic heterocycles. The summed E-state index contributed by atoms with van der Waals surface area (Å²) < 4.78 is 64.6. The third kappa shape index (κ3) is 7.21. The van der Waals surface area contributed by atoms with E-state index in [1.807, 2.05) is 68.4 Å². The van der Waals surface area contributed by atoms with Crippen molar-refractivity contribution >= 4 is 11.4 Å². The van der Waals surface area contributed by atoms with E-state index >= 15 is 0 Å². The van der Waals surface area contributed by atoms with E-state index < -0.39 is 23.6 Å². The average molecular weight is 705 g/mol. The number of hydrogen-bond donors (Lipinski definition) is 0. The number of halogens is 3. The van der Waals surface area contributed by atoms with Gasteiger partial charge in [0.25, 0.3) is 0 Å². The van der Waals surface area contributed by atoms with Crippen LogP contribution >= 0.6 is 0 Å². The van der Waals surface area contributed by atoms with E-state index in [-0.39, 0.29) is 42.9 Å². The molecular formula is C36H39F3N8O4. The van der Waals surface area contributed by atoms with Crippen molar-refractivity contribution in [1.82, 2.24) is 29.3 Å². The number of alkyl halides is 3. The SMILES string of the molecule is CCC(C)n1ncn(-c2ccc(N3CCN(c4ccc(OC[C@@H]5CO[C@@](Cn6nccn6)(c6ccccc6)O5)cc4C(F)(F)F)CC3)cc2)c1=O. The third-order valence-electron chi connectivity index (χ3n) is 9.41. The molecule has 0 bridgehead atoms. The maximum absolute atomic E-state index is 14.4. The fourth-order valence-electron chi connectivity index (χ4n) is 6.47. The molecule has 7 rings (SSSR count). The van der Waals surface area contributed by atoms with E-state index in [0.717, 1.165) is 23.7 Å². The summed E-state index contributed by atoms with van der Waals surface area (Å²) in [6, 6.07) is 21.0. The maximum atomic E-state index is 14.4. The number of piperazine rings is 1. The quantitative estimate of drug-likeness (QED) is 0.182. The van der Waals surface area contributed by atoms with Gasteiger partial charge in [-0.05, 0) is 55.8 Å². The molecule has 1 unspecified atom stereocenters. The van der Waals surface area contributed by atoms with E-state index in [0.29, 0.717) is 31.9 Å². The highest BCUT2D eigenvalue weighted by atomic mass is 19.4. The second kappa shape index (κ2) is 14.2. The lowest BCUT2D eigenvalue weighted by Gasteiger charge is -2.38. The predicted octanol–water partition coefficient (Wildman–Crippen LogP) is 5.29. The van der Waals surface area contributed by atoms with Gasteiger partial charge in [-0.3, -0.25) is 0 Å². The lowest BCUT2D eigenvalue weighted by molar-refractivity contribution is -0.192. The molecule has 15 heteroatoms. The third-order valence-corrected chi connectivity index (χ3v) is 9.41. The van der Waals surface area contributed by atoms with Gasteiger partial charge in [0.1, 0.15) is 31.3 Å². The highest BCUT2D eigenvalue weighted by molar-refractivity contribution is 5.60. The summed E-state index contributed by atoms with van der Waals surface area (Å²) in [6.45, 7) is 6.15. The van der Waals surface area contributed by atoms with Gasteiger partial charge >= 0.3 is 11.9 Å². The van der Waals surface area contributed by atoms with Crippen LogP contribution in [0.15, 0.2) is 96.3 Å². The van der Waals surface area contributed by atoms with E-state index in [4.69, 9.17) is 14.2 Å². The van der Waals surface area contributed by atoms with Crippen molar-refractivity contribution < 1.29 is 27.4 Å². The smallest absolute Gasteiger partial charge is 0.418 e. The minimum atomic E-state index is -4.59. The molecule has 4 heterocycles. The average Bonchev–Trinajstić information content (AvgIpc) is 3.92. The van der Waals surface area contributed by atoms with Crippen LogP contribution < -0.4 is 20.2 Å². The molecule has 5 aromatic rings. The number of hydrogen-bond acceptors (Lipinski definition) is 9. The van der Waals surface area contributed by atoms with Gasteiger partial charge in [0.2, 0.25) is 5.79 Å². The number of benzene rings is 3. The molecular weight excluding hydrogens is 665 g/mol. The summed E-state index contributed by atoms with van der Waals surface area (Å²) in [4.78, 5) is 18.2. The summed E-state index contributed by atoms with van der Waals surface area (Å²) in [7, 11) is 0. The van der Waals surface area contributed by atoms with Gasteiger partial charge < -0.3 is 24.0 Å². The van der Waals surface area contributed by atoms with Crippen molar-refractivity contribution in [2.75, 3.05) is 49.2 Å². The standard InChI is InChI=1S/C36H39F3N8O4/c1-3-26(2)47-34(48)45(25-42-47)29-11-9-28(10-12-29)43-17-19-44(20-18-43)33-14-13-30(21-32(33)36(37,38)39)49-22-31-23-50-35(51-31,24-46-40-15-16-41-46)27-7-5-4-6-8-27/h4-16,21,25-26,31H,3,17-20,22-24H2,1-2H3/t26?,31-,35-/m1/s1. The fourth-order valence-corrected chi connectivity index (χ4v) is 6.47. The zero-order valence-electron chi connectivity index (χ0n) is 28.3. The molecule has 0 saturated carbocycles. The van der Waals surface area contributed by atoms with E-state index in [1.165, 1.54) is 26.4 Å². The van der Waals surface area contributed by atoms with Gasteiger partial charge in [0, 0.05) is 43.1 Å². The summed E-state index contributed by atoms with van der Waals surface area (Å²) >= 11 is 0. The predicted molar refractivity (Wildman–Crippen MR) is 183 cm³/mol. The number of anilines is 2. The van der Waals surface area contributed by atoms with E-state index in [9.17, 15) is 18.0 Å². The molecule has 0 aliphatic carbocycles. The minimum Gasteiger partial charge on any atom is -0.491 e. The Morgan fingerprint density at radius 2 is 1.61 bits per heavy atom. The first-order valence-electron chi connectivity index (χ1n) is 17.0. The first kappa shape index (κ1) is 34.3. The highest BCUT2D eigenvalue weighted by Crippen LogP contribution is 2.40. The summed E-state index contributed by atoms with van der Waals surface area (Å²) in [6.07, 6.45) is 0.304. The minimum absolute atomic E-state index is 0.00394. The molecule has 2 saturated heterocycles. The summed E-state index contributed by atoms with van der Waals surface area (Å²) in [5.41, 5.74) is 1.55. The fraction of sp³-hybridized carbons (Fsp3) is 0.389. The zero-order chi connectivity index (χ0) is 35.6. The molecule has 3 aromatic carbocycles. The van der Waals surface area contributed by atoms with E-state index in [1.54, 1.807) is 23.4 Å². The van der Waals surface area contributed by atoms with Crippen LogP contribution in [0, 0.1) is 0 Å². The normalized spacial score (nSPS) is 20.1. The molecule has 2 fully saturated rings. The molecule has 0 spiro atoms. The first-order chi connectivity index (χ1) is 24.6. The second-order valence-electron chi connectivity index (χ2n) is 12.7. The van der Waals surface area contributed by atoms with Gasteiger partial charge in [0.05, 0.1) is 36.3 Å². The Bertz CT molecular complexity index is 1960. The van der Waals surface area contributed by atoms with Crippen molar-refractivity contribution in [2.45, 2.75) is 50.9 Å². The second-order valence-corrected chi connectivity index (χ2v) is 12.7. The number of ether oxygens (including phenoxy) is 3. The van der Waals surface area contributed by atoms with Crippen molar-refractivity contribution in [3.05, 3.63) is 113 Å². The molecule has 12 nitrogen and oxygen atoms in total. The van der Waals surface area contributed by atoms with Crippen LogP contribution in [0.5, 0.6) is 5.75 Å². The van der Waals surface area contributed by atoms with Crippen molar-refractivity contribution in [2.24, 2.45) is 0 Å². The van der Waals surface area contributed by atoms with Crippen LogP contribution in [0.2, 0.25) is 0 Å². The van der Waals surface area contributed by atoms with Gasteiger partial charge in [-0.2, -0.15) is 33.3 Å². The van der Waals surface area contributed by atoms with E-state index in [2.05, 4.69) is 20.2 Å². The Kier molecular flexibility index (Phi) is 9.57. The molecule has 0 amide bonds. The summed E-state index contributed by atoms with van der Waals surface area (Å²) in [5.74, 6) is -1.08. The monoisotopic (exact) mass is 704 g/mol. The van der Waals surface area contributed by atoms with Gasteiger partial charge in [-0.15, -0.1) is 0 Å². The van der Waals surface area contributed by atoms with Crippen molar-refractivity contribution in [3.63, 3.8) is 0 Å². The van der Waals surface area contributed by atoms with Crippen molar-refractivity contribution in [1.29, 1.82) is 0 Å². The molecule has 0 radical (unpaired) electrons. The van der Waals surface area contributed by atoms with Crippen LogP contribution in [0.4, 0.5) is 24.5 Å². The number of aromatic nitrogens is 6. The van der Waals surface area contributed by atoms with Crippen LogP contribution in [-0.2, 0) is 28.0 Å². The highest BCUT2D eigenvalue weighted by Gasteiger charge is 2.45. The molecule has 3 atom stereocenters. The number of rotatable bonds is 11. The van der Waals surface area contributed by atoms with Crippen molar-refractivity contribution in [3.8, 4) is 11.4 Å². The Morgan fingerprint density at radius 3 is 2.29 bits per heavy atom. The molecule has 268 valence electrons. The lowest BCUT2D eigenvalue weighted by Crippen LogP contribution is -2.47. The Labute approximate surface area is 292 Å². The zero-order valence-corrected chi connectivity index (χ0v) is 28.3. The van der Waals surface area contributed by atoms with Crippen LogP contribution in [-0.4, -0.2) is 74.8 Å². The Morgan fingerprint density at radius 1 is 0.922 bits per heavy atom. The topological polar surface area (TPSA) is 105 Å². The molecule has 2 aromatic heterocycles. The summed E-state index contributed by atoms with van der Waals surface area (Å²) in [5, 5.41) is 12.6. The van der Waals surface area contributed by atoms with Crippen LogP contribution in [0.1, 0.15) is 37.4 Å².